The van der Waals surface area contributed by atoms with Gasteiger partial charge >= 0.3 is 0 Å². The molecule has 0 N–H and O–H groups in total. The standard InChI is InChI=1S/C12H20/c1-4-5-9-12-10(2)7-6-8-11(12)3/h4-5,11-12H,2,6-9H2,1,3H3/b5-4+/t11-,12-/m1/s1. The SMILES string of the molecule is C=C1CCC[C@@H](C)[C@@H]1C/C=C/C. The maximum atomic E-state index is 4.17. The molecule has 0 nitrogen and oxygen atoms in total. The molecule has 0 unspecified atom stereocenters. The van der Waals surface area contributed by atoms with Crippen LogP contribution in [0.2, 0.25) is 0 Å². The van der Waals surface area contributed by atoms with Crippen LogP contribution in [0.3, 0.4) is 0 Å². The molecule has 0 saturated heterocycles. The molecule has 1 fully saturated rings. The highest BCUT2D eigenvalue weighted by Gasteiger charge is 2.22. The first-order chi connectivity index (χ1) is 5.75. The average molecular weight is 164 g/mol. The lowest BCUT2D eigenvalue weighted by molar-refractivity contribution is 0.331. The van der Waals surface area contributed by atoms with Gasteiger partial charge in [-0.05, 0) is 44.4 Å². The van der Waals surface area contributed by atoms with E-state index < -0.39 is 0 Å². The van der Waals surface area contributed by atoms with Crippen molar-refractivity contribution in [2.75, 3.05) is 0 Å². The van der Waals surface area contributed by atoms with Crippen LogP contribution >= 0.6 is 0 Å². The van der Waals surface area contributed by atoms with E-state index >= 15 is 0 Å². The molecule has 0 aliphatic heterocycles. The summed E-state index contributed by atoms with van der Waals surface area (Å²) in [6.45, 7) is 8.62. The van der Waals surface area contributed by atoms with Crippen molar-refractivity contribution in [1.29, 1.82) is 0 Å². The van der Waals surface area contributed by atoms with Gasteiger partial charge in [-0.3, -0.25) is 0 Å². The fourth-order valence-corrected chi connectivity index (χ4v) is 2.12. The zero-order valence-electron chi connectivity index (χ0n) is 8.34. The third kappa shape index (κ3) is 2.23. The van der Waals surface area contributed by atoms with Crippen molar-refractivity contribution in [2.24, 2.45) is 11.8 Å². The normalized spacial score (nSPS) is 31.3. The number of rotatable bonds is 2. The van der Waals surface area contributed by atoms with Gasteiger partial charge in [-0.15, -0.1) is 0 Å². The van der Waals surface area contributed by atoms with Crippen molar-refractivity contribution in [3.05, 3.63) is 24.3 Å². The van der Waals surface area contributed by atoms with E-state index in [4.69, 9.17) is 0 Å². The molecule has 0 bridgehead atoms. The fraction of sp³-hybridized carbons (Fsp3) is 0.667. The summed E-state index contributed by atoms with van der Waals surface area (Å²) >= 11 is 0. The van der Waals surface area contributed by atoms with Crippen LogP contribution in [0, 0.1) is 11.8 Å². The third-order valence-electron chi connectivity index (χ3n) is 2.99. The second kappa shape index (κ2) is 4.49. The van der Waals surface area contributed by atoms with Gasteiger partial charge in [0.05, 0.1) is 0 Å². The molecule has 1 aliphatic rings. The van der Waals surface area contributed by atoms with Gasteiger partial charge in [0.1, 0.15) is 0 Å². The molecule has 1 aliphatic carbocycles. The summed E-state index contributed by atoms with van der Waals surface area (Å²) in [6.07, 6.45) is 9.63. The Balaban J connectivity index is 2.51. The highest BCUT2D eigenvalue weighted by molar-refractivity contribution is 5.07. The lowest BCUT2D eigenvalue weighted by Crippen LogP contribution is -2.18. The Bertz CT molecular complexity index is 176. The van der Waals surface area contributed by atoms with Crippen molar-refractivity contribution in [3.63, 3.8) is 0 Å². The van der Waals surface area contributed by atoms with Crippen molar-refractivity contribution in [3.8, 4) is 0 Å². The molecule has 1 rings (SSSR count). The van der Waals surface area contributed by atoms with Crippen molar-refractivity contribution < 1.29 is 0 Å². The van der Waals surface area contributed by atoms with Gasteiger partial charge in [0, 0.05) is 0 Å². The van der Waals surface area contributed by atoms with Gasteiger partial charge < -0.3 is 0 Å². The Morgan fingerprint density at radius 1 is 1.58 bits per heavy atom. The molecule has 1 saturated carbocycles. The van der Waals surface area contributed by atoms with Gasteiger partial charge in [-0.25, -0.2) is 0 Å². The van der Waals surface area contributed by atoms with E-state index in [1.807, 2.05) is 0 Å². The molecule has 12 heavy (non-hydrogen) atoms. The zero-order valence-corrected chi connectivity index (χ0v) is 8.34. The minimum Gasteiger partial charge on any atom is -0.0996 e. The monoisotopic (exact) mass is 164 g/mol. The Kier molecular flexibility index (Phi) is 3.58. The lowest BCUT2D eigenvalue weighted by atomic mass is 9.76. The van der Waals surface area contributed by atoms with Crippen LogP contribution in [0.1, 0.15) is 39.5 Å². The Morgan fingerprint density at radius 3 is 2.92 bits per heavy atom. The summed E-state index contributed by atoms with van der Waals surface area (Å²) in [7, 11) is 0. The summed E-state index contributed by atoms with van der Waals surface area (Å²) in [5.74, 6) is 1.61. The fourth-order valence-electron chi connectivity index (χ4n) is 2.12. The van der Waals surface area contributed by atoms with Gasteiger partial charge in [-0.1, -0.05) is 31.2 Å². The average Bonchev–Trinajstić information content (AvgIpc) is 2.04. The summed E-state index contributed by atoms with van der Waals surface area (Å²) < 4.78 is 0. The number of hydrogen-bond acceptors (Lipinski definition) is 0. The molecule has 0 radical (unpaired) electrons. The van der Waals surface area contributed by atoms with Crippen LogP contribution in [-0.2, 0) is 0 Å². The van der Waals surface area contributed by atoms with E-state index in [0.717, 1.165) is 11.8 Å². The first-order valence-corrected chi connectivity index (χ1v) is 5.04. The van der Waals surface area contributed by atoms with Crippen LogP contribution < -0.4 is 0 Å². The lowest BCUT2D eigenvalue weighted by Gasteiger charge is -2.30. The first kappa shape index (κ1) is 9.57. The molecule has 2 atom stereocenters. The van der Waals surface area contributed by atoms with Crippen LogP contribution in [0.5, 0.6) is 0 Å². The van der Waals surface area contributed by atoms with Crippen LogP contribution in [-0.4, -0.2) is 0 Å². The van der Waals surface area contributed by atoms with Crippen LogP contribution in [0.15, 0.2) is 24.3 Å². The maximum absolute atomic E-state index is 4.17. The Labute approximate surface area is 76.4 Å². The summed E-state index contributed by atoms with van der Waals surface area (Å²) in [5.41, 5.74) is 1.48. The van der Waals surface area contributed by atoms with Crippen molar-refractivity contribution in [1.82, 2.24) is 0 Å². The van der Waals surface area contributed by atoms with Gasteiger partial charge in [-0.2, -0.15) is 0 Å². The smallest absolute Gasteiger partial charge is 0.0146 e. The van der Waals surface area contributed by atoms with E-state index in [1.54, 1.807) is 0 Å². The number of hydrogen-bond donors (Lipinski definition) is 0. The molecular weight excluding hydrogens is 144 g/mol. The molecule has 0 spiro atoms. The minimum atomic E-state index is 0.759. The molecule has 0 heteroatoms. The maximum Gasteiger partial charge on any atom is -0.0146 e. The van der Waals surface area contributed by atoms with Crippen LogP contribution in [0.4, 0.5) is 0 Å². The highest BCUT2D eigenvalue weighted by atomic mass is 14.3. The van der Waals surface area contributed by atoms with Gasteiger partial charge in [0.25, 0.3) is 0 Å². The largest absolute Gasteiger partial charge is 0.0996 e. The van der Waals surface area contributed by atoms with E-state index in [1.165, 1.54) is 31.3 Å². The minimum absolute atomic E-state index is 0.759. The molecule has 0 heterocycles. The topological polar surface area (TPSA) is 0 Å². The number of allylic oxidation sites excluding steroid dienone is 3. The Hall–Kier alpha value is -0.520. The van der Waals surface area contributed by atoms with E-state index in [9.17, 15) is 0 Å². The second-order valence-electron chi connectivity index (χ2n) is 3.94. The summed E-state index contributed by atoms with van der Waals surface area (Å²) in [5, 5.41) is 0. The predicted molar refractivity (Wildman–Crippen MR) is 55.1 cm³/mol. The zero-order chi connectivity index (χ0) is 8.97. The second-order valence-corrected chi connectivity index (χ2v) is 3.94. The van der Waals surface area contributed by atoms with Gasteiger partial charge in [0.2, 0.25) is 0 Å². The first-order valence-electron chi connectivity index (χ1n) is 5.04. The molecule has 0 aromatic heterocycles. The van der Waals surface area contributed by atoms with Crippen LogP contribution in [0.25, 0.3) is 0 Å². The molecule has 0 amide bonds. The predicted octanol–water partition coefficient (Wildman–Crippen LogP) is 3.95. The van der Waals surface area contributed by atoms with E-state index in [-0.39, 0.29) is 0 Å². The Morgan fingerprint density at radius 2 is 2.33 bits per heavy atom. The van der Waals surface area contributed by atoms with Crippen molar-refractivity contribution in [2.45, 2.75) is 39.5 Å². The highest BCUT2D eigenvalue weighted by Crippen LogP contribution is 2.35. The third-order valence-corrected chi connectivity index (χ3v) is 2.99. The van der Waals surface area contributed by atoms with Gasteiger partial charge in [0.15, 0.2) is 0 Å². The van der Waals surface area contributed by atoms with E-state index in [0.29, 0.717) is 0 Å². The quantitative estimate of drug-likeness (QED) is 0.542. The molecule has 0 aromatic carbocycles. The van der Waals surface area contributed by atoms with E-state index in [2.05, 4.69) is 32.6 Å². The summed E-state index contributed by atoms with van der Waals surface area (Å²) in [4.78, 5) is 0. The molecule has 0 aromatic rings. The van der Waals surface area contributed by atoms with Crippen molar-refractivity contribution >= 4 is 0 Å². The summed E-state index contributed by atoms with van der Waals surface area (Å²) in [6, 6.07) is 0. The molecular formula is C12H20. The molecule has 68 valence electrons.